The molecule has 0 saturated carbocycles. The topological polar surface area (TPSA) is 59.1 Å². The SMILES string of the molecule is Cc1nc(Cl)ccc1NS(=O)(=O)Cc1ccc(F)cc1. The Bertz CT molecular complexity index is 718. The van der Waals surface area contributed by atoms with Crippen molar-refractivity contribution in [2.75, 3.05) is 4.72 Å². The molecule has 106 valence electrons. The monoisotopic (exact) mass is 314 g/mol. The van der Waals surface area contributed by atoms with Crippen LogP contribution in [-0.4, -0.2) is 13.4 Å². The van der Waals surface area contributed by atoms with Gasteiger partial charge in [0.05, 0.1) is 17.1 Å². The van der Waals surface area contributed by atoms with Crippen molar-refractivity contribution in [2.24, 2.45) is 0 Å². The summed E-state index contributed by atoms with van der Waals surface area (Å²) in [6.07, 6.45) is 0. The molecule has 0 fully saturated rings. The molecule has 20 heavy (non-hydrogen) atoms. The molecule has 0 aliphatic rings. The summed E-state index contributed by atoms with van der Waals surface area (Å²) < 4.78 is 39.3. The van der Waals surface area contributed by atoms with E-state index in [1.165, 1.54) is 30.3 Å². The second-order valence-electron chi connectivity index (χ2n) is 4.25. The lowest BCUT2D eigenvalue weighted by Gasteiger charge is -2.10. The fraction of sp³-hybridized carbons (Fsp3) is 0.154. The second kappa shape index (κ2) is 5.76. The fourth-order valence-electron chi connectivity index (χ4n) is 1.64. The number of nitrogens with zero attached hydrogens (tertiary/aromatic N) is 1. The summed E-state index contributed by atoms with van der Waals surface area (Å²) in [5.74, 6) is -0.646. The molecule has 0 amide bonds. The predicted molar refractivity (Wildman–Crippen MR) is 76.6 cm³/mol. The van der Waals surface area contributed by atoms with E-state index in [-0.39, 0.29) is 5.75 Å². The van der Waals surface area contributed by atoms with Crippen molar-refractivity contribution in [1.82, 2.24) is 4.98 Å². The summed E-state index contributed by atoms with van der Waals surface area (Å²) >= 11 is 5.71. The van der Waals surface area contributed by atoms with Gasteiger partial charge in [0.15, 0.2) is 0 Å². The van der Waals surface area contributed by atoms with Crippen molar-refractivity contribution in [3.05, 3.63) is 58.6 Å². The minimum atomic E-state index is -3.59. The van der Waals surface area contributed by atoms with Gasteiger partial charge in [-0.3, -0.25) is 4.72 Å². The van der Waals surface area contributed by atoms with Gasteiger partial charge in [0.25, 0.3) is 0 Å². The molecular weight excluding hydrogens is 303 g/mol. The van der Waals surface area contributed by atoms with Crippen molar-refractivity contribution in [2.45, 2.75) is 12.7 Å². The highest BCUT2D eigenvalue weighted by Gasteiger charge is 2.13. The summed E-state index contributed by atoms with van der Waals surface area (Å²) in [6.45, 7) is 1.65. The molecule has 2 rings (SSSR count). The number of sulfonamides is 1. The number of benzene rings is 1. The van der Waals surface area contributed by atoms with E-state index in [9.17, 15) is 12.8 Å². The third kappa shape index (κ3) is 3.91. The number of pyridine rings is 1. The average molecular weight is 315 g/mol. The fourth-order valence-corrected chi connectivity index (χ4v) is 3.09. The van der Waals surface area contributed by atoms with Crippen molar-refractivity contribution in [3.8, 4) is 0 Å². The minimum Gasteiger partial charge on any atom is -0.281 e. The number of hydrogen-bond acceptors (Lipinski definition) is 3. The second-order valence-corrected chi connectivity index (χ2v) is 6.36. The van der Waals surface area contributed by atoms with Crippen LogP contribution in [0.5, 0.6) is 0 Å². The lowest BCUT2D eigenvalue weighted by atomic mass is 10.2. The van der Waals surface area contributed by atoms with E-state index in [2.05, 4.69) is 9.71 Å². The van der Waals surface area contributed by atoms with Crippen LogP contribution >= 0.6 is 11.6 Å². The van der Waals surface area contributed by atoms with Crippen LogP contribution in [0, 0.1) is 12.7 Å². The van der Waals surface area contributed by atoms with Gasteiger partial charge in [-0.05, 0) is 36.8 Å². The Morgan fingerprint density at radius 2 is 1.85 bits per heavy atom. The Morgan fingerprint density at radius 1 is 1.20 bits per heavy atom. The Labute approximate surface area is 121 Å². The molecule has 0 bridgehead atoms. The number of halogens is 2. The van der Waals surface area contributed by atoms with Crippen LogP contribution in [0.25, 0.3) is 0 Å². The number of aromatic nitrogens is 1. The average Bonchev–Trinajstić information content (AvgIpc) is 2.35. The first-order valence-electron chi connectivity index (χ1n) is 5.74. The molecule has 2 aromatic rings. The quantitative estimate of drug-likeness (QED) is 0.882. The van der Waals surface area contributed by atoms with Crippen LogP contribution < -0.4 is 4.72 Å². The predicted octanol–water partition coefficient (Wildman–Crippen LogP) is 3.12. The number of nitrogens with one attached hydrogen (secondary N) is 1. The summed E-state index contributed by atoms with van der Waals surface area (Å²) in [4.78, 5) is 3.97. The molecule has 0 aliphatic carbocycles. The van der Waals surface area contributed by atoms with Crippen LogP contribution in [0.3, 0.4) is 0 Å². The van der Waals surface area contributed by atoms with Gasteiger partial charge in [-0.1, -0.05) is 23.7 Å². The molecule has 0 saturated heterocycles. The van der Waals surface area contributed by atoms with Gasteiger partial charge in [0.2, 0.25) is 10.0 Å². The van der Waals surface area contributed by atoms with Gasteiger partial charge in [0.1, 0.15) is 11.0 Å². The molecule has 1 N–H and O–H groups in total. The molecular formula is C13H12ClFN2O2S. The molecule has 1 aromatic heterocycles. The zero-order valence-corrected chi connectivity index (χ0v) is 12.2. The van der Waals surface area contributed by atoms with Gasteiger partial charge >= 0.3 is 0 Å². The van der Waals surface area contributed by atoms with E-state index >= 15 is 0 Å². The van der Waals surface area contributed by atoms with Gasteiger partial charge in [-0.2, -0.15) is 0 Å². The van der Waals surface area contributed by atoms with Gasteiger partial charge < -0.3 is 0 Å². The Morgan fingerprint density at radius 3 is 2.45 bits per heavy atom. The maximum Gasteiger partial charge on any atom is 0.236 e. The van der Waals surface area contributed by atoms with Gasteiger partial charge in [-0.15, -0.1) is 0 Å². The Balaban J connectivity index is 2.17. The molecule has 0 unspecified atom stereocenters. The summed E-state index contributed by atoms with van der Waals surface area (Å²) in [5, 5.41) is 0.295. The van der Waals surface area contributed by atoms with Gasteiger partial charge in [0, 0.05) is 0 Å². The highest BCUT2D eigenvalue weighted by Crippen LogP contribution is 2.18. The van der Waals surface area contributed by atoms with Gasteiger partial charge in [-0.25, -0.2) is 17.8 Å². The summed E-state index contributed by atoms with van der Waals surface area (Å²) in [6, 6.07) is 8.36. The zero-order chi connectivity index (χ0) is 14.8. The van der Waals surface area contributed by atoms with E-state index in [1.54, 1.807) is 13.0 Å². The van der Waals surface area contributed by atoms with E-state index in [0.717, 1.165) is 0 Å². The smallest absolute Gasteiger partial charge is 0.236 e. The largest absolute Gasteiger partial charge is 0.281 e. The van der Waals surface area contributed by atoms with Crippen LogP contribution in [-0.2, 0) is 15.8 Å². The maximum atomic E-state index is 12.8. The first-order valence-corrected chi connectivity index (χ1v) is 7.77. The number of aryl methyl sites for hydroxylation is 1. The van der Waals surface area contributed by atoms with E-state index in [1.807, 2.05) is 0 Å². The number of rotatable bonds is 4. The van der Waals surface area contributed by atoms with E-state index < -0.39 is 15.8 Å². The van der Waals surface area contributed by atoms with Crippen molar-refractivity contribution in [1.29, 1.82) is 0 Å². The lowest BCUT2D eigenvalue weighted by Crippen LogP contribution is -2.16. The van der Waals surface area contributed by atoms with Crippen LogP contribution in [0.15, 0.2) is 36.4 Å². The van der Waals surface area contributed by atoms with Crippen LogP contribution in [0.4, 0.5) is 10.1 Å². The molecule has 0 radical (unpaired) electrons. The van der Waals surface area contributed by atoms with E-state index in [4.69, 9.17) is 11.6 Å². The van der Waals surface area contributed by atoms with E-state index in [0.29, 0.717) is 22.1 Å². The van der Waals surface area contributed by atoms with Crippen molar-refractivity contribution in [3.63, 3.8) is 0 Å². The zero-order valence-electron chi connectivity index (χ0n) is 10.6. The molecule has 0 atom stereocenters. The molecule has 0 aliphatic heterocycles. The standard InChI is InChI=1S/C13H12ClFN2O2S/c1-9-12(6-7-13(14)16-9)17-20(18,19)8-10-2-4-11(15)5-3-10/h2-7,17H,8H2,1H3. The summed E-state index contributed by atoms with van der Waals surface area (Å²) in [7, 11) is -3.59. The first kappa shape index (κ1) is 14.7. The number of hydrogen-bond donors (Lipinski definition) is 1. The molecule has 4 nitrogen and oxygen atoms in total. The Hall–Kier alpha value is -1.66. The molecule has 7 heteroatoms. The molecule has 1 aromatic carbocycles. The first-order chi connectivity index (χ1) is 9.35. The van der Waals surface area contributed by atoms with Crippen LogP contribution in [0.1, 0.15) is 11.3 Å². The van der Waals surface area contributed by atoms with Crippen molar-refractivity contribution >= 4 is 27.3 Å². The highest BCUT2D eigenvalue weighted by molar-refractivity contribution is 7.91. The highest BCUT2D eigenvalue weighted by atomic mass is 35.5. The third-order valence-corrected chi connectivity index (χ3v) is 4.04. The molecule has 0 spiro atoms. The van der Waals surface area contributed by atoms with Crippen LogP contribution in [0.2, 0.25) is 5.15 Å². The summed E-state index contributed by atoms with van der Waals surface area (Å²) in [5.41, 5.74) is 1.36. The number of anilines is 1. The minimum absolute atomic E-state index is 0.241. The maximum absolute atomic E-state index is 12.8. The van der Waals surface area contributed by atoms with Crippen molar-refractivity contribution < 1.29 is 12.8 Å². The molecule has 1 heterocycles. The third-order valence-electron chi connectivity index (χ3n) is 2.59. The normalized spacial score (nSPS) is 11.3. The Kier molecular flexibility index (Phi) is 4.25. The lowest BCUT2D eigenvalue weighted by molar-refractivity contribution is 0.599.